The minimum atomic E-state index is -0.197. The van der Waals surface area contributed by atoms with Crippen molar-refractivity contribution >= 4 is 17.5 Å². The van der Waals surface area contributed by atoms with Crippen LogP contribution in [0.25, 0.3) is 0 Å². The highest BCUT2D eigenvalue weighted by atomic mass is 16.5. The first-order chi connectivity index (χ1) is 9.19. The van der Waals surface area contributed by atoms with Gasteiger partial charge in [0.15, 0.2) is 0 Å². The summed E-state index contributed by atoms with van der Waals surface area (Å²) in [5.41, 5.74) is 4.01. The van der Waals surface area contributed by atoms with Gasteiger partial charge in [0.2, 0.25) is 11.8 Å². The van der Waals surface area contributed by atoms with Gasteiger partial charge in [0.25, 0.3) is 0 Å². The Morgan fingerprint density at radius 1 is 1.42 bits per heavy atom. The van der Waals surface area contributed by atoms with Crippen molar-refractivity contribution in [2.45, 2.75) is 25.7 Å². The van der Waals surface area contributed by atoms with Crippen LogP contribution in [0.2, 0.25) is 0 Å². The van der Waals surface area contributed by atoms with Crippen LogP contribution in [-0.4, -0.2) is 18.4 Å². The van der Waals surface area contributed by atoms with Crippen molar-refractivity contribution in [3.8, 4) is 5.75 Å². The van der Waals surface area contributed by atoms with Gasteiger partial charge in [-0.05, 0) is 36.6 Å². The SMILES string of the molecule is NNC(=O)CCCOc1ccc2c(c1)CCC(=O)N2. The maximum atomic E-state index is 11.2. The van der Waals surface area contributed by atoms with Crippen molar-refractivity contribution in [1.29, 1.82) is 0 Å². The summed E-state index contributed by atoms with van der Waals surface area (Å²) in [6.45, 7) is 0.457. The molecule has 102 valence electrons. The maximum absolute atomic E-state index is 11.2. The number of anilines is 1. The van der Waals surface area contributed by atoms with Crippen molar-refractivity contribution < 1.29 is 14.3 Å². The number of hydrogen-bond donors (Lipinski definition) is 3. The lowest BCUT2D eigenvalue weighted by atomic mass is 10.0. The van der Waals surface area contributed by atoms with Crippen LogP contribution in [-0.2, 0) is 16.0 Å². The zero-order valence-corrected chi connectivity index (χ0v) is 10.6. The Bertz CT molecular complexity index is 488. The van der Waals surface area contributed by atoms with Crippen LogP contribution in [0, 0.1) is 0 Å². The van der Waals surface area contributed by atoms with Gasteiger partial charge in [-0.15, -0.1) is 0 Å². The first-order valence-corrected chi connectivity index (χ1v) is 6.24. The van der Waals surface area contributed by atoms with Crippen LogP contribution in [0.4, 0.5) is 5.69 Å². The largest absolute Gasteiger partial charge is 0.494 e. The van der Waals surface area contributed by atoms with Crippen molar-refractivity contribution in [1.82, 2.24) is 5.43 Å². The van der Waals surface area contributed by atoms with E-state index in [0.29, 0.717) is 25.9 Å². The Labute approximate surface area is 111 Å². The number of hydrogen-bond acceptors (Lipinski definition) is 4. The summed E-state index contributed by atoms with van der Waals surface area (Å²) in [6, 6.07) is 5.58. The molecule has 0 spiro atoms. The molecule has 2 rings (SSSR count). The highest BCUT2D eigenvalue weighted by Crippen LogP contribution is 2.26. The van der Waals surface area contributed by atoms with Crippen molar-refractivity contribution in [3.05, 3.63) is 23.8 Å². The maximum Gasteiger partial charge on any atom is 0.234 e. The number of fused-ring (bicyclic) bond motifs is 1. The fraction of sp³-hybridized carbons (Fsp3) is 0.385. The number of rotatable bonds is 5. The fourth-order valence-corrected chi connectivity index (χ4v) is 1.94. The molecule has 1 aromatic carbocycles. The zero-order valence-electron chi connectivity index (χ0n) is 10.6. The van der Waals surface area contributed by atoms with Gasteiger partial charge in [-0.1, -0.05) is 0 Å². The number of nitrogens with two attached hydrogens (primary N) is 1. The van der Waals surface area contributed by atoms with E-state index in [0.717, 1.165) is 23.4 Å². The first-order valence-electron chi connectivity index (χ1n) is 6.24. The van der Waals surface area contributed by atoms with Gasteiger partial charge in [0.1, 0.15) is 5.75 Å². The highest BCUT2D eigenvalue weighted by molar-refractivity contribution is 5.93. The van der Waals surface area contributed by atoms with Crippen LogP contribution < -0.4 is 21.3 Å². The predicted molar refractivity (Wildman–Crippen MR) is 70.5 cm³/mol. The van der Waals surface area contributed by atoms with E-state index in [1.54, 1.807) is 0 Å². The summed E-state index contributed by atoms with van der Waals surface area (Å²) in [5, 5.41) is 2.82. The molecule has 19 heavy (non-hydrogen) atoms. The smallest absolute Gasteiger partial charge is 0.234 e. The molecule has 0 unspecified atom stereocenters. The number of amides is 2. The van der Waals surface area contributed by atoms with Crippen molar-refractivity contribution in [3.63, 3.8) is 0 Å². The molecule has 6 nitrogen and oxygen atoms in total. The molecule has 0 bridgehead atoms. The molecule has 0 aromatic heterocycles. The summed E-state index contributed by atoms with van der Waals surface area (Å²) in [5.74, 6) is 5.58. The fourth-order valence-electron chi connectivity index (χ4n) is 1.94. The van der Waals surface area contributed by atoms with E-state index in [1.807, 2.05) is 18.2 Å². The molecule has 1 aromatic rings. The molecule has 2 amide bonds. The number of carbonyl (C=O) groups excluding carboxylic acids is 2. The van der Waals surface area contributed by atoms with E-state index < -0.39 is 0 Å². The average Bonchev–Trinajstić information content (AvgIpc) is 2.43. The summed E-state index contributed by atoms with van der Waals surface area (Å²) in [7, 11) is 0. The third-order valence-corrected chi connectivity index (χ3v) is 2.95. The van der Waals surface area contributed by atoms with Gasteiger partial charge in [-0.25, -0.2) is 5.84 Å². The van der Waals surface area contributed by atoms with Gasteiger partial charge < -0.3 is 10.1 Å². The van der Waals surface area contributed by atoms with E-state index in [2.05, 4.69) is 10.7 Å². The average molecular weight is 263 g/mol. The lowest BCUT2D eigenvalue weighted by Crippen LogP contribution is -2.29. The number of carbonyl (C=O) groups is 2. The molecule has 1 aliphatic heterocycles. The first kappa shape index (κ1) is 13.4. The Morgan fingerprint density at radius 2 is 2.26 bits per heavy atom. The van der Waals surface area contributed by atoms with E-state index >= 15 is 0 Å². The zero-order chi connectivity index (χ0) is 13.7. The monoisotopic (exact) mass is 263 g/mol. The van der Waals surface area contributed by atoms with Gasteiger partial charge in [-0.3, -0.25) is 15.0 Å². The summed E-state index contributed by atoms with van der Waals surface area (Å²) >= 11 is 0. The Balaban J connectivity index is 1.85. The molecular weight excluding hydrogens is 246 g/mol. The van der Waals surface area contributed by atoms with Crippen LogP contribution in [0.15, 0.2) is 18.2 Å². The van der Waals surface area contributed by atoms with Gasteiger partial charge in [0, 0.05) is 18.5 Å². The summed E-state index contributed by atoms with van der Waals surface area (Å²) in [4.78, 5) is 22.1. The minimum absolute atomic E-state index is 0.0500. The molecule has 1 aliphatic rings. The van der Waals surface area contributed by atoms with Crippen LogP contribution in [0.5, 0.6) is 5.75 Å². The van der Waals surface area contributed by atoms with E-state index in [4.69, 9.17) is 10.6 Å². The third kappa shape index (κ3) is 3.69. The van der Waals surface area contributed by atoms with Gasteiger partial charge >= 0.3 is 0 Å². The number of ether oxygens (including phenoxy) is 1. The van der Waals surface area contributed by atoms with Crippen LogP contribution in [0.1, 0.15) is 24.8 Å². The lowest BCUT2D eigenvalue weighted by Gasteiger charge is -2.17. The highest BCUT2D eigenvalue weighted by Gasteiger charge is 2.14. The normalized spacial score (nSPS) is 13.4. The number of nitrogens with one attached hydrogen (secondary N) is 2. The molecule has 0 saturated heterocycles. The second kappa shape index (κ2) is 6.19. The molecule has 6 heteroatoms. The number of aryl methyl sites for hydroxylation is 1. The Hall–Kier alpha value is -2.08. The summed E-state index contributed by atoms with van der Waals surface area (Å²) in [6.07, 6.45) is 2.19. The van der Waals surface area contributed by atoms with E-state index in [1.165, 1.54) is 0 Å². The second-order valence-corrected chi connectivity index (χ2v) is 4.39. The topological polar surface area (TPSA) is 93.4 Å². The molecule has 0 atom stereocenters. The standard InChI is InChI=1S/C13H17N3O3/c14-16-13(18)2-1-7-19-10-4-5-11-9(8-10)3-6-12(17)15-11/h4-5,8H,1-3,6-7,14H2,(H,15,17)(H,16,18). The molecule has 0 saturated carbocycles. The van der Waals surface area contributed by atoms with Crippen molar-refractivity contribution in [2.24, 2.45) is 5.84 Å². The van der Waals surface area contributed by atoms with Crippen LogP contribution in [0.3, 0.4) is 0 Å². The quantitative estimate of drug-likeness (QED) is 0.316. The van der Waals surface area contributed by atoms with E-state index in [-0.39, 0.29) is 11.8 Å². The van der Waals surface area contributed by atoms with Gasteiger partial charge in [0.05, 0.1) is 6.61 Å². The van der Waals surface area contributed by atoms with Crippen LogP contribution >= 0.6 is 0 Å². The molecule has 0 fully saturated rings. The third-order valence-electron chi connectivity index (χ3n) is 2.95. The Kier molecular flexibility index (Phi) is 4.35. The summed E-state index contributed by atoms with van der Waals surface area (Å²) < 4.78 is 5.56. The molecule has 4 N–H and O–H groups in total. The van der Waals surface area contributed by atoms with Crippen molar-refractivity contribution in [2.75, 3.05) is 11.9 Å². The lowest BCUT2D eigenvalue weighted by molar-refractivity contribution is -0.121. The second-order valence-electron chi connectivity index (χ2n) is 4.39. The minimum Gasteiger partial charge on any atom is -0.494 e. The Morgan fingerprint density at radius 3 is 3.05 bits per heavy atom. The molecular formula is C13H17N3O3. The molecule has 1 heterocycles. The predicted octanol–water partition coefficient (Wildman–Crippen LogP) is 0.720. The van der Waals surface area contributed by atoms with E-state index in [9.17, 15) is 9.59 Å². The molecule has 0 radical (unpaired) electrons. The number of benzene rings is 1. The molecule has 0 aliphatic carbocycles. The van der Waals surface area contributed by atoms with Gasteiger partial charge in [-0.2, -0.15) is 0 Å². The number of hydrazine groups is 1.